The molecule has 4 aromatic heterocycles. The number of thiophene rings is 1. The van der Waals surface area contributed by atoms with Crippen LogP contribution in [0, 0.1) is 0 Å². The minimum atomic E-state index is 0.589. The average molecular weight is 686 g/mol. The normalized spacial score (nSPS) is 12.3. The molecular formula is C45H23N3OS2. The molecule has 12 rings (SSSR count). The SMILES string of the molecule is c1ccc2cc(-c3nc(-c4ccc5ccccc5c4)nc(-c4ccc5sc6c7ccccc7cc7sc8ccc9oc4c5c9c8c76)n3)ccc2c1. The highest BCUT2D eigenvalue weighted by Crippen LogP contribution is 2.51. The fraction of sp³-hybridized carbons (Fsp3) is 0. The first-order valence-electron chi connectivity index (χ1n) is 16.9. The minimum Gasteiger partial charge on any atom is -0.455 e. The maximum absolute atomic E-state index is 6.86. The van der Waals surface area contributed by atoms with E-state index in [1.807, 2.05) is 22.7 Å². The van der Waals surface area contributed by atoms with Gasteiger partial charge in [-0.25, -0.2) is 15.0 Å². The molecule has 0 unspecified atom stereocenters. The molecule has 0 saturated heterocycles. The lowest BCUT2D eigenvalue weighted by Crippen LogP contribution is -2.00. The molecular weight excluding hydrogens is 663 g/mol. The van der Waals surface area contributed by atoms with Crippen LogP contribution in [0.2, 0.25) is 0 Å². The van der Waals surface area contributed by atoms with Crippen molar-refractivity contribution < 1.29 is 4.42 Å². The molecule has 0 aliphatic carbocycles. The fourth-order valence-corrected chi connectivity index (χ4v) is 10.4. The Hall–Kier alpha value is -6.21. The van der Waals surface area contributed by atoms with E-state index in [4.69, 9.17) is 19.4 Å². The number of fused-ring (bicyclic) bond motifs is 4. The van der Waals surface area contributed by atoms with Crippen molar-refractivity contribution in [1.29, 1.82) is 0 Å². The van der Waals surface area contributed by atoms with E-state index in [1.54, 1.807) is 0 Å². The zero-order valence-corrected chi connectivity index (χ0v) is 28.5. The number of benzene rings is 8. The summed E-state index contributed by atoms with van der Waals surface area (Å²) in [5.41, 5.74) is 4.42. The highest BCUT2D eigenvalue weighted by Gasteiger charge is 2.24. The standard InChI is InChI=1S/C45H23N3OS2/c1-3-9-26-21-29(15-13-24(26)7-1)43-46-44(30-16-14-25-8-2-4-10-27(25)22-30)48-45(47-43)32-17-19-35-39-37-33(49-41(32)39)18-20-34-38(37)40-36(50-34)23-28-11-5-6-12-31(28)42(40)51-35/h1-23H. The molecule has 6 heteroatoms. The van der Waals surface area contributed by atoms with E-state index in [9.17, 15) is 0 Å². The molecule has 0 bridgehead atoms. The van der Waals surface area contributed by atoms with Gasteiger partial charge in [-0.2, -0.15) is 0 Å². The van der Waals surface area contributed by atoms with Gasteiger partial charge in [-0.05, 0) is 74.8 Å². The summed E-state index contributed by atoms with van der Waals surface area (Å²) in [4.78, 5) is 15.5. The van der Waals surface area contributed by atoms with Gasteiger partial charge in [-0.1, -0.05) is 97.1 Å². The van der Waals surface area contributed by atoms with Crippen LogP contribution < -0.4 is 0 Å². The van der Waals surface area contributed by atoms with Crippen LogP contribution in [0.15, 0.2) is 144 Å². The third-order valence-corrected chi connectivity index (χ3v) is 12.5. The molecule has 0 spiro atoms. The van der Waals surface area contributed by atoms with E-state index in [-0.39, 0.29) is 0 Å². The minimum absolute atomic E-state index is 0.589. The Morgan fingerprint density at radius 3 is 1.75 bits per heavy atom. The van der Waals surface area contributed by atoms with Crippen LogP contribution in [0.3, 0.4) is 0 Å². The van der Waals surface area contributed by atoms with Gasteiger partial charge in [0, 0.05) is 51.5 Å². The van der Waals surface area contributed by atoms with Crippen LogP contribution in [0.5, 0.6) is 0 Å². The Balaban J connectivity index is 1.17. The van der Waals surface area contributed by atoms with Crippen molar-refractivity contribution in [3.63, 3.8) is 0 Å². The Bertz CT molecular complexity index is 3290. The molecule has 0 saturated carbocycles. The second-order valence-corrected chi connectivity index (χ2v) is 15.3. The molecule has 0 N–H and O–H groups in total. The summed E-state index contributed by atoms with van der Waals surface area (Å²) in [6.07, 6.45) is 0. The summed E-state index contributed by atoms with van der Waals surface area (Å²) in [6.45, 7) is 0. The van der Waals surface area contributed by atoms with Gasteiger partial charge in [0.25, 0.3) is 0 Å². The number of furan rings is 1. The number of nitrogens with zero attached hydrogens (tertiary/aromatic N) is 3. The van der Waals surface area contributed by atoms with Crippen molar-refractivity contribution in [1.82, 2.24) is 15.0 Å². The van der Waals surface area contributed by atoms with Crippen LogP contribution in [-0.2, 0) is 0 Å². The Kier molecular flexibility index (Phi) is 5.50. The van der Waals surface area contributed by atoms with Gasteiger partial charge < -0.3 is 4.42 Å². The van der Waals surface area contributed by atoms with E-state index >= 15 is 0 Å². The number of hydrogen-bond donors (Lipinski definition) is 0. The molecule has 0 aliphatic rings. The molecule has 0 atom stereocenters. The summed E-state index contributed by atoms with van der Waals surface area (Å²) < 4.78 is 11.9. The Morgan fingerprint density at radius 2 is 1.02 bits per heavy atom. The van der Waals surface area contributed by atoms with Crippen molar-refractivity contribution in [2.45, 2.75) is 0 Å². The summed E-state index contributed by atoms with van der Waals surface area (Å²) in [5.74, 6) is 1.84. The molecule has 8 aromatic carbocycles. The van der Waals surface area contributed by atoms with Crippen LogP contribution in [0.25, 0.3) is 118 Å². The lowest BCUT2D eigenvalue weighted by atomic mass is 10.0. The first kappa shape index (κ1) is 27.6. The molecule has 236 valence electrons. The second-order valence-electron chi connectivity index (χ2n) is 13.2. The van der Waals surface area contributed by atoms with E-state index in [2.05, 4.69) is 140 Å². The monoisotopic (exact) mass is 685 g/mol. The first-order valence-corrected chi connectivity index (χ1v) is 18.6. The summed E-state index contributed by atoms with van der Waals surface area (Å²) in [5, 5.41) is 12.1. The Labute approximate surface area is 298 Å². The maximum Gasteiger partial charge on any atom is 0.167 e. The summed E-state index contributed by atoms with van der Waals surface area (Å²) in [7, 11) is 0. The molecule has 4 heterocycles. The zero-order chi connectivity index (χ0) is 33.2. The van der Waals surface area contributed by atoms with Crippen LogP contribution in [0.4, 0.5) is 0 Å². The van der Waals surface area contributed by atoms with E-state index in [0.29, 0.717) is 17.5 Å². The van der Waals surface area contributed by atoms with Gasteiger partial charge in [0.05, 0.1) is 5.56 Å². The quantitative estimate of drug-likeness (QED) is 0.186. The number of hydrogen-bond acceptors (Lipinski definition) is 6. The highest BCUT2D eigenvalue weighted by molar-refractivity contribution is 7.29. The highest BCUT2D eigenvalue weighted by atomic mass is 32.1. The third kappa shape index (κ3) is 3.97. The molecule has 0 aliphatic heterocycles. The van der Waals surface area contributed by atoms with Crippen LogP contribution in [0.1, 0.15) is 0 Å². The smallest absolute Gasteiger partial charge is 0.167 e. The van der Waals surface area contributed by atoms with Gasteiger partial charge in [0.1, 0.15) is 11.2 Å². The molecule has 0 fully saturated rings. The molecule has 12 aromatic rings. The maximum atomic E-state index is 6.86. The predicted molar refractivity (Wildman–Crippen MR) is 215 cm³/mol. The fourth-order valence-electron chi connectivity index (χ4n) is 7.86. The zero-order valence-electron chi connectivity index (χ0n) is 26.8. The molecule has 0 amide bonds. The second kappa shape index (κ2) is 10.2. The van der Waals surface area contributed by atoms with Gasteiger partial charge in [0.2, 0.25) is 0 Å². The van der Waals surface area contributed by atoms with Gasteiger partial charge in [-0.15, -0.1) is 22.7 Å². The largest absolute Gasteiger partial charge is 0.455 e. The lowest BCUT2D eigenvalue weighted by Gasteiger charge is -2.10. The summed E-state index contributed by atoms with van der Waals surface area (Å²) >= 11 is 3.70. The van der Waals surface area contributed by atoms with Crippen molar-refractivity contribution >= 4 is 107 Å². The van der Waals surface area contributed by atoms with Gasteiger partial charge in [0.15, 0.2) is 17.5 Å². The average Bonchev–Trinajstić information content (AvgIpc) is 3.71. The molecule has 51 heavy (non-hydrogen) atoms. The van der Waals surface area contributed by atoms with Crippen molar-refractivity contribution in [3.05, 3.63) is 140 Å². The van der Waals surface area contributed by atoms with Crippen LogP contribution in [-0.4, -0.2) is 15.0 Å². The summed E-state index contributed by atoms with van der Waals surface area (Å²) in [6, 6.07) is 49.4. The van der Waals surface area contributed by atoms with Crippen molar-refractivity contribution in [3.8, 4) is 34.2 Å². The van der Waals surface area contributed by atoms with E-state index < -0.39 is 0 Å². The number of aromatic nitrogens is 3. The van der Waals surface area contributed by atoms with Crippen LogP contribution >= 0.6 is 22.7 Å². The van der Waals surface area contributed by atoms with Gasteiger partial charge >= 0.3 is 0 Å². The molecule has 4 nitrogen and oxygen atoms in total. The van der Waals surface area contributed by atoms with E-state index in [0.717, 1.165) is 44.0 Å². The predicted octanol–water partition coefficient (Wildman–Crippen LogP) is 13.3. The topological polar surface area (TPSA) is 51.8 Å². The number of rotatable bonds is 3. The van der Waals surface area contributed by atoms with Gasteiger partial charge in [-0.3, -0.25) is 0 Å². The molecule has 0 radical (unpaired) electrons. The Morgan fingerprint density at radius 1 is 0.412 bits per heavy atom. The van der Waals surface area contributed by atoms with Crippen molar-refractivity contribution in [2.75, 3.05) is 0 Å². The first-order chi connectivity index (χ1) is 25.2. The third-order valence-electron chi connectivity index (χ3n) is 10.2. The lowest BCUT2D eigenvalue weighted by molar-refractivity contribution is 0.670. The van der Waals surface area contributed by atoms with Crippen molar-refractivity contribution in [2.24, 2.45) is 0 Å². The van der Waals surface area contributed by atoms with E-state index in [1.165, 1.54) is 56.5 Å².